The first-order chi connectivity index (χ1) is 19.5. The lowest BCUT2D eigenvalue weighted by atomic mass is 9.72. The van der Waals surface area contributed by atoms with Crippen molar-refractivity contribution < 1.29 is 28.9 Å². The third kappa shape index (κ3) is 7.42. The number of β-amino-alcohol motifs (C(OH)–C–C–N with tert-alkyl or cyclic N) is 1. The van der Waals surface area contributed by atoms with Gasteiger partial charge in [-0.15, -0.1) is 0 Å². The monoisotopic (exact) mass is 571 g/mol. The predicted molar refractivity (Wildman–Crippen MR) is 155 cm³/mol. The molecule has 0 aromatic heterocycles. The third-order valence-corrected chi connectivity index (χ3v) is 9.52. The lowest BCUT2D eigenvalue weighted by Gasteiger charge is -2.47. The van der Waals surface area contributed by atoms with Crippen molar-refractivity contribution in [3.8, 4) is 0 Å². The van der Waals surface area contributed by atoms with Crippen LogP contribution >= 0.6 is 0 Å². The van der Waals surface area contributed by atoms with E-state index in [1.807, 2.05) is 58.0 Å². The molecule has 0 radical (unpaired) electrons. The maximum atomic E-state index is 13.5. The van der Waals surface area contributed by atoms with Gasteiger partial charge in [0, 0.05) is 18.6 Å². The number of rotatable bonds is 8. The fourth-order valence-corrected chi connectivity index (χ4v) is 7.38. The number of piperidine rings is 1. The van der Waals surface area contributed by atoms with E-state index in [-0.39, 0.29) is 23.4 Å². The second-order valence-corrected chi connectivity index (χ2v) is 13.8. The van der Waals surface area contributed by atoms with E-state index < -0.39 is 30.1 Å². The lowest BCUT2D eigenvalue weighted by Crippen LogP contribution is -2.60. The van der Waals surface area contributed by atoms with Crippen molar-refractivity contribution in [1.82, 2.24) is 15.5 Å². The Bertz CT molecular complexity index is 1050. The van der Waals surface area contributed by atoms with Crippen molar-refractivity contribution in [2.24, 2.45) is 17.8 Å². The maximum Gasteiger partial charge on any atom is 0.407 e. The summed E-state index contributed by atoms with van der Waals surface area (Å²) < 4.78 is 17.4. The highest BCUT2D eigenvalue weighted by molar-refractivity contribution is 5.82. The number of aliphatic hydroxyl groups excluding tert-OH is 1. The molecule has 228 valence electrons. The number of hydrogen-bond donors (Lipinski definition) is 3. The van der Waals surface area contributed by atoms with Gasteiger partial charge < -0.3 is 30.0 Å². The van der Waals surface area contributed by atoms with Crippen LogP contribution in [-0.2, 0) is 25.4 Å². The number of nitrogens with one attached hydrogen (secondary N) is 2. The van der Waals surface area contributed by atoms with Gasteiger partial charge in [0.25, 0.3) is 0 Å². The fourth-order valence-electron chi connectivity index (χ4n) is 7.38. The van der Waals surface area contributed by atoms with Crippen LogP contribution in [-0.4, -0.2) is 83.9 Å². The molecular formula is C32H49N3O6. The lowest BCUT2D eigenvalue weighted by molar-refractivity contribution is -0.181. The molecular weight excluding hydrogens is 522 g/mol. The summed E-state index contributed by atoms with van der Waals surface area (Å²) in [5.41, 5.74) is 0.668. The molecule has 9 heteroatoms. The zero-order valence-electron chi connectivity index (χ0n) is 25.1. The number of benzene rings is 1. The van der Waals surface area contributed by atoms with Gasteiger partial charge in [-0.25, -0.2) is 4.79 Å². The number of amides is 2. The molecule has 1 aromatic carbocycles. The van der Waals surface area contributed by atoms with Gasteiger partial charge in [0.1, 0.15) is 6.10 Å². The van der Waals surface area contributed by atoms with Gasteiger partial charge in [-0.3, -0.25) is 9.69 Å². The van der Waals surface area contributed by atoms with Gasteiger partial charge in [0.15, 0.2) is 5.79 Å². The molecule has 2 amide bonds. The Morgan fingerprint density at radius 3 is 2.59 bits per heavy atom. The Labute approximate surface area is 244 Å². The largest absolute Gasteiger partial charge is 0.443 e. The number of ether oxygens (including phenoxy) is 3. The molecule has 4 fully saturated rings. The summed E-state index contributed by atoms with van der Waals surface area (Å²) in [7, 11) is 0. The zero-order chi connectivity index (χ0) is 29.2. The summed E-state index contributed by atoms with van der Waals surface area (Å²) in [6.45, 7) is 9.85. The molecule has 3 N–H and O–H groups in total. The molecule has 1 saturated carbocycles. The van der Waals surface area contributed by atoms with E-state index in [1.165, 1.54) is 19.3 Å². The minimum absolute atomic E-state index is 0.00961. The molecule has 3 heterocycles. The Morgan fingerprint density at radius 2 is 1.85 bits per heavy atom. The predicted octanol–water partition coefficient (Wildman–Crippen LogP) is 3.63. The number of carbonyl (C=O) groups is 2. The molecule has 0 spiro atoms. The number of fused-ring (bicyclic) bond motifs is 2. The molecule has 5 rings (SSSR count). The van der Waals surface area contributed by atoms with Crippen molar-refractivity contribution in [3.05, 3.63) is 35.9 Å². The van der Waals surface area contributed by atoms with Crippen molar-refractivity contribution in [2.75, 3.05) is 26.3 Å². The minimum atomic E-state index is -0.896. The third-order valence-electron chi connectivity index (χ3n) is 9.52. The number of likely N-dealkylation sites (tertiary alicyclic amines) is 1. The summed E-state index contributed by atoms with van der Waals surface area (Å²) in [5.74, 6) is 0.376. The number of aliphatic hydroxyl groups is 1. The summed E-state index contributed by atoms with van der Waals surface area (Å²) in [6, 6.07) is 8.95. The smallest absolute Gasteiger partial charge is 0.407 e. The fraction of sp³-hybridized carbons (Fsp3) is 0.750. The number of hydrogen-bond acceptors (Lipinski definition) is 7. The first kappa shape index (κ1) is 30.3. The van der Waals surface area contributed by atoms with Crippen molar-refractivity contribution in [3.63, 3.8) is 0 Å². The van der Waals surface area contributed by atoms with Crippen LogP contribution < -0.4 is 10.6 Å². The van der Waals surface area contributed by atoms with Crippen molar-refractivity contribution >= 4 is 12.0 Å². The zero-order valence-corrected chi connectivity index (χ0v) is 25.1. The standard InChI is InChI=1S/C32H49N3O6/c1-31(2,3)34-29(37)26-17-22-12-8-9-13-23(22)18-35(26)19-27(36)25(16-21-10-6-5-7-11-21)33-30(38)41-28-20-40-32(4)24(28)14-15-39-32/h5-7,10-11,22-28,36H,8-9,12-20H2,1-4H3,(H,33,38)(H,34,37)/t22-,23+,24-,25-,26-,27+,28-,32+/m0/s1. The van der Waals surface area contributed by atoms with Crippen molar-refractivity contribution in [1.29, 1.82) is 0 Å². The van der Waals surface area contributed by atoms with Gasteiger partial charge in [-0.1, -0.05) is 49.6 Å². The highest BCUT2D eigenvalue weighted by Gasteiger charge is 2.53. The van der Waals surface area contributed by atoms with Gasteiger partial charge in [0.2, 0.25) is 5.91 Å². The Kier molecular flexibility index (Phi) is 9.28. The molecule has 0 bridgehead atoms. The van der Waals surface area contributed by atoms with Crippen LogP contribution in [0.2, 0.25) is 0 Å². The minimum Gasteiger partial charge on any atom is -0.443 e. The van der Waals surface area contributed by atoms with E-state index >= 15 is 0 Å². The second kappa shape index (κ2) is 12.6. The molecule has 1 aromatic rings. The van der Waals surface area contributed by atoms with Crippen LogP contribution in [0, 0.1) is 17.8 Å². The van der Waals surface area contributed by atoms with Crippen LogP contribution in [0.5, 0.6) is 0 Å². The first-order valence-electron chi connectivity index (χ1n) is 15.5. The molecule has 41 heavy (non-hydrogen) atoms. The van der Waals surface area contributed by atoms with E-state index in [0.29, 0.717) is 38.0 Å². The van der Waals surface area contributed by atoms with E-state index in [1.54, 1.807) is 0 Å². The van der Waals surface area contributed by atoms with Crippen LogP contribution in [0.1, 0.15) is 71.8 Å². The highest BCUT2D eigenvalue weighted by Crippen LogP contribution is 2.42. The van der Waals surface area contributed by atoms with E-state index in [2.05, 4.69) is 15.5 Å². The normalized spacial score (nSPS) is 33.3. The first-order valence-corrected chi connectivity index (χ1v) is 15.5. The number of nitrogens with zero attached hydrogens (tertiary/aromatic N) is 1. The highest BCUT2D eigenvalue weighted by atomic mass is 16.7. The van der Waals surface area contributed by atoms with Gasteiger partial charge in [-0.05, 0) is 70.8 Å². The average Bonchev–Trinajstić information content (AvgIpc) is 3.44. The average molecular weight is 572 g/mol. The van der Waals surface area contributed by atoms with Crippen LogP contribution in [0.3, 0.4) is 0 Å². The van der Waals surface area contributed by atoms with Crippen molar-refractivity contribution in [2.45, 2.75) is 108 Å². The maximum absolute atomic E-state index is 13.5. The van der Waals surface area contributed by atoms with Gasteiger partial charge in [-0.2, -0.15) is 0 Å². The van der Waals surface area contributed by atoms with Gasteiger partial charge >= 0.3 is 6.09 Å². The Morgan fingerprint density at radius 1 is 1.12 bits per heavy atom. The quantitative estimate of drug-likeness (QED) is 0.437. The Balaban J connectivity index is 1.29. The molecule has 1 aliphatic carbocycles. The molecule has 3 aliphatic heterocycles. The molecule has 3 saturated heterocycles. The van der Waals surface area contributed by atoms with E-state index in [9.17, 15) is 14.7 Å². The SMILES string of the molecule is CC(C)(C)NC(=O)[C@@H]1C[C@@H]2CCCC[C@@H]2CN1C[C@@H](O)[C@H](Cc1ccccc1)NC(=O)O[C@H]1CO[C@@]2(C)OCC[C@@H]12. The molecule has 9 nitrogen and oxygen atoms in total. The topological polar surface area (TPSA) is 109 Å². The summed E-state index contributed by atoms with van der Waals surface area (Å²) in [4.78, 5) is 28.8. The summed E-state index contributed by atoms with van der Waals surface area (Å²) >= 11 is 0. The van der Waals surface area contributed by atoms with Crippen LogP contribution in [0.15, 0.2) is 30.3 Å². The summed E-state index contributed by atoms with van der Waals surface area (Å²) in [5, 5.41) is 17.8. The van der Waals surface area contributed by atoms with Gasteiger partial charge in [0.05, 0.1) is 37.3 Å². The number of carbonyl (C=O) groups excluding carboxylic acids is 2. The summed E-state index contributed by atoms with van der Waals surface area (Å²) in [6.07, 6.45) is 4.94. The van der Waals surface area contributed by atoms with E-state index in [4.69, 9.17) is 14.2 Å². The molecule has 0 unspecified atom stereocenters. The van der Waals surface area contributed by atoms with Crippen LogP contribution in [0.4, 0.5) is 4.79 Å². The molecule has 4 aliphatic rings. The Hall–Kier alpha value is -2.20. The van der Waals surface area contributed by atoms with E-state index in [0.717, 1.165) is 31.4 Å². The number of alkyl carbamates (subject to hydrolysis) is 1. The molecule has 8 atom stereocenters. The second-order valence-electron chi connectivity index (χ2n) is 13.8. The van der Waals surface area contributed by atoms with Crippen LogP contribution in [0.25, 0.3) is 0 Å².